The van der Waals surface area contributed by atoms with E-state index < -0.39 is 0 Å². The second kappa shape index (κ2) is 9.99. The Hall–Kier alpha value is -4.17. The maximum absolute atomic E-state index is 13.0. The largest absolute Gasteiger partial charge is 0.357 e. The molecule has 0 spiro atoms. The van der Waals surface area contributed by atoms with Gasteiger partial charge >= 0.3 is 0 Å². The number of carbonyl (C=O) groups is 2. The Morgan fingerprint density at radius 3 is 2.20 bits per heavy atom. The third-order valence-electron chi connectivity index (χ3n) is 5.87. The van der Waals surface area contributed by atoms with Crippen molar-refractivity contribution in [3.63, 3.8) is 0 Å². The normalized spacial score (nSPS) is 13.5. The summed E-state index contributed by atoms with van der Waals surface area (Å²) in [7, 11) is 0. The van der Waals surface area contributed by atoms with E-state index in [0.29, 0.717) is 48.4 Å². The van der Waals surface area contributed by atoms with Crippen LogP contribution in [0.4, 0.5) is 11.6 Å². The first-order valence-corrected chi connectivity index (χ1v) is 11.6. The number of hydrogen-bond donors (Lipinski definition) is 2. The third-order valence-corrected chi connectivity index (χ3v) is 6.12. The zero-order valence-electron chi connectivity index (χ0n) is 18.8. The summed E-state index contributed by atoms with van der Waals surface area (Å²) in [6.45, 7) is 2.00. The van der Waals surface area contributed by atoms with Gasteiger partial charge in [-0.3, -0.25) is 9.59 Å². The Kier molecular flexibility index (Phi) is 6.45. The Balaban J connectivity index is 1.19. The molecule has 2 amide bonds. The van der Waals surface area contributed by atoms with E-state index in [1.165, 1.54) is 0 Å². The van der Waals surface area contributed by atoms with Gasteiger partial charge in [0.05, 0.1) is 5.69 Å². The number of rotatable bonds is 5. The predicted octanol–water partition coefficient (Wildman–Crippen LogP) is 4.47. The van der Waals surface area contributed by atoms with E-state index in [-0.39, 0.29) is 11.8 Å². The number of benzene rings is 2. The molecule has 1 saturated heterocycles. The summed E-state index contributed by atoms with van der Waals surface area (Å²) in [5.41, 5.74) is 3.65. The molecule has 0 aliphatic carbocycles. The SMILES string of the molecule is O=C(c1ccc(Nc2nccc(-c3ccc(Cl)cc3)n2)cc1)N1CCN(C(=O)c2ccc[nH]2)CC1. The molecule has 2 aromatic heterocycles. The van der Waals surface area contributed by atoms with Crippen LogP contribution in [0.1, 0.15) is 20.8 Å². The van der Waals surface area contributed by atoms with Crippen LogP contribution in [0.2, 0.25) is 5.02 Å². The van der Waals surface area contributed by atoms with Gasteiger partial charge in [-0.15, -0.1) is 0 Å². The molecule has 0 saturated carbocycles. The standard InChI is InChI=1S/C26H23ClN6O2/c27-20-7-3-18(4-8-20)22-11-13-29-26(31-22)30-21-9-5-19(6-10-21)24(34)32-14-16-33(17-15-32)25(35)23-2-1-12-28-23/h1-13,28H,14-17H2,(H,29,30,31). The zero-order valence-corrected chi connectivity index (χ0v) is 19.6. The summed E-state index contributed by atoms with van der Waals surface area (Å²) in [6, 6.07) is 20.1. The lowest BCUT2D eigenvalue weighted by molar-refractivity contribution is 0.0532. The van der Waals surface area contributed by atoms with Crippen molar-refractivity contribution in [2.45, 2.75) is 0 Å². The summed E-state index contributed by atoms with van der Waals surface area (Å²) in [5, 5.41) is 3.85. The van der Waals surface area contributed by atoms with Gasteiger partial charge < -0.3 is 20.1 Å². The van der Waals surface area contributed by atoms with Crippen molar-refractivity contribution >= 4 is 35.1 Å². The maximum Gasteiger partial charge on any atom is 0.270 e. The Morgan fingerprint density at radius 1 is 0.857 bits per heavy atom. The number of anilines is 2. The van der Waals surface area contributed by atoms with Crippen LogP contribution >= 0.6 is 11.6 Å². The lowest BCUT2D eigenvalue weighted by atomic mass is 10.1. The smallest absolute Gasteiger partial charge is 0.270 e. The average Bonchev–Trinajstić information content (AvgIpc) is 3.44. The summed E-state index contributed by atoms with van der Waals surface area (Å²) < 4.78 is 0. The van der Waals surface area contributed by atoms with Gasteiger partial charge in [-0.05, 0) is 54.6 Å². The highest BCUT2D eigenvalue weighted by Gasteiger charge is 2.25. The van der Waals surface area contributed by atoms with Crippen LogP contribution in [-0.2, 0) is 0 Å². The van der Waals surface area contributed by atoms with E-state index in [9.17, 15) is 9.59 Å². The van der Waals surface area contributed by atoms with Crippen LogP contribution in [0, 0.1) is 0 Å². The second-order valence-electron chi connectivity index (χ2n) is 8.14. The van der Waals surface area contributed by atoms with Gasteiger partial charge in [0.15, 0.2) is 0 Å². The fourth-order valence-corrected chi connectivity index (χ4v) is 4.08. The molecule has 0 unspecified atom stereocenters. The number of H-pyrrole nitrogens is 1. The van der Waals surface area contributed by atoms with Crippen LogP contribution in [-0.4, -0.2) is 62.7 Å². The Labute approximate surface area is 207 Å². The number of aromatic nitrogens is 3. The highest BCUT2D eigenvalue weighted by Crippen LogP contribution is 2.22. The summed E-state index contributed by atoms with van der Waals surface area (Å²) in [4.78, 5) is 40.8. The fraction of sp³-hybridized carbons (Fsp3) is 0.154. The monoisotopic (exact) mass is 486 g/mol. The lowest BCUT2D eigenvalue weighted by Gasteiger charge is -2.34. The van der Waals surface area contributed by atoms with Crippen molar-refractivity contribution in [2.75, 3.05) is 31.5 Å². The number of aromatic amines is 1. The lowest BCUT2D eigenvalue weighted by Crippen LogP contribution is -2.50. The van der Waals surface area contributed by atoms with Crippen LogP contribution in [0.5, 0.6) is 0 Å². The van der Waals surface area contributed by atoms with Crippen molar-refractivity contribution in [3.8, 4) is 11.3 Å². The van der Waals surface area contributed by atoms with Gasteiger partial charge in [-0.2, -0.15) is 0 Å². The molecule has 5 rings (SSSR count). The van der Waals surface area contributed by atoms with E-state index in [1.807, 2.05) is 42.5 Å². The molecule has 1 aliphatic heterocycles. The molecule has 2 N–H and O–H groups in total. The van der Waals surface area contributed by atoms with Crippen molar-refractivity contribution in [1.82, 2.24) is 24.8 Å². The zero-order chi connectivity index (χ0) is 24.2. The minimum absolute atomic E-state index is 0.0418. The third kappa shape index (κ3) is 5.17. The van der Waals surface area contributed by atoms with Crippen LogP contribution in [0.25, 0.3) is 11.3 Å². The predicted molar refractivity (Wildman–Crippen MR) is 135 cm³/mol. The number of hydrogen-bond acceptors (Lipinski definition) is 5. The minimum atomic E-state index is -0.0514. The number of amides is 2. The van der Waals surface area contributed by atoms with Gasteiger partial charge in [0.2, 0.25) is 5.95 Å². The molecular weight excluding hydrogens is 464 g/mol. The quantitative estimate of drug-likeness (QED) is 0.434. The van der Waals surface area contributed by atoms with E-state index in [1.54, 1.807) is 46.5 Å². The van der Waals surface area contributed by atoms with Crippen molar-refractivity contribution in [3.05, 3.63) is 95.4 Å². The van der Waals surface area contributed by atoms with Gasteiger partial charge in [-0.25, -0.2) is 9.97 Å². The van der Waals surface area contributed by atoms with Crippen LogP contribution in [0.3, 0.4) is 0 Å². The van der Waals surface area contributed by atoms with Crippen molar-refractivity contribution in [2.24, 2.45) is 0 Å². The molecule has 3 heterocycles. The van der Waals surface area contributed by atoms with Gasteiger partial charge in [0.1, 0.15) is 5.69 Å². The molecule has 4 aromatic rings. The molecule has 9 heteroatoms. The molecule has 1 aliphatic rings. The van der Waals surface area contributed by atoms with Crippen molar-refractivity contribution < 1.29 is 9.59 Å². The number of halogens is 1. The summed E-state index contributed by atoms with van der Waals surface area (Å²) in [5.74, 6) is 0.365. The number of nitrogens with one attached hydrogen (secondary N) is 2. The van der Waals surface area contributed by atoms with Gasteiger partial charge in [0.25, 0.3) is 11.8 Å². The topological polar surface area (TPSA) is 94.2 Å². The molecule has 176 valence electrons. The molecule has 35 heavy (non-hydrogen) atoms. The van der Waals surface area contributed by atoms with E-state index in [2.05, 4.69) is 20.3 Å². The highest BCUT2D eigenvalue weighted by molar-refractivity contribution is 6.30. The molecule has 0 atom stereocenters. The van der Waals surface area contributed by atoms with Gasteiger partial charge in [-0.1, -0.05) is 23.7 Å². The Bertz CT molecular complexity index is 1310. The Morgan fingerprint density at radius 2 is 1.54 bits per heavy atom. The van der Waals surface area contributed by atoms with E-state index in [0.717, 1.165) is 16.9 Å². The molecule has 0 bridgehead atoms. The average molecular weight is 487 g/mol. The summed E-state index contributed by atoms with van der Waals surface area (Å²) in [6.07, 6.45) is 3.42. The van der Waals surface area contributed by atoms with Crippen LogP contribution < -0.4 is 5.32 Å². The molecule has 2 aromatic carbocycles. The maximum atomic E-state index is 13.0. The van der Waals surface area contributed by atoms with E-state index >= 15 is 0 Å². The number of carbonyl (C=O) groups excluding carboxylic acids is 2. The number of piperazine rings is 1. The molecular formula is C26H23ClN6O2. The van der Waals surface area contributed by atoms with E-state index in [4.69, 9.17) is 11.6 Å². The minimum Gasteiger partial charge on any atom is -0.357 e. The first kappa shape index (κ1) is 22.6. The number of nitrogens with zero attached hydrogens (tertiary/aromatic N) is 4. The van der Waals surface area contributed by atoms with Crippen molar-refractivity contribution in [1.29, 1.82) is 0 Å². The first-order chi connectivity index (χ1) is 17.1. The molecule has 8 nitrogen and oxygen atoms in total. The second-order valence-corrected chi connectivity index (χ2v) is 8.58. The fourth-order valence-electron chi connectivity index (χ4n) is 3.95. The van der Waals surface area contributed by atoms with Gasteiger partial charge in [0, 0.05) is 60.4 Å². The van der Waals surface area contributed by atoms with Crippen LogP contribution in [0.15, 0.2) is 79.1 Å². The molecule has 1 fully saturated rings. The highest BCUT2D eigenvalue weighted by atomic mass is 35.5. The first-order valence-electron chi connectivity index (χ1n) is 11.2. The molecule has 0 radical (unpaired) electrons. The summed E-state index contributed by atoms with van der Waals surface area (Å²) >= 11 is 5.97.